The highest BCUT2D eigenvalue weighted by Crippen LogP contribution is 1.98. The topological polar surface area (TPSA) is 76.2 Å². The van der Waals surface area contributed by atoms with Gasteiger partial charge in [0.05, 0.1) is 18.4 Å². The van der Waals surface area contributed by atoms with Gasteiger partial charge in [-0.25, -0.2) is 4.79 Å². The lowest BCUT2D eigenvalue weighted by atomic mass is 10.2. The van der Waals surface area contributed by atoms with Crippen molar-refractivity contribution in [2.75, 3.05) is 7.11 Å². The molecule has 5 nitrogen and oxygen atoms in total. The lowest BCUT2D eigenvalue weighted by Crippen LogP contribution is -2.12. The highest BCUT2D eigenvalue weighted by atomic mass is 16.5. The van der Waals surface area contributed by atoms with Gasteiger partial charge in [-0.1, -0.05) is 0 Å². The summed E-state index contributed by atoms with van der Waals surface area (Å²) in [6.45, 7) is 0. The fourth-order valence-corrected chi connectivity index (χ4v) is 0.864. The molecule has 0 saturated carbocycles. The van der Waals surface area contributed by atoms with Crippen molar-refractivity contribution in [3.8, 4) is 0 Å². The summed E-state index contributed by atoms with van der Waals surface area (Å²) in [7, 11) is 1.20. The Morgan fingerprint density at radius 1 is 1.54 bits per heavy atom. The number of methoxy groups -OCH3 is 1. The van der Waals surface area contributed by atoms with E-state index in [0.29, 0.717) is 6.29 Å². The first-order valence-corrected chi connectivity index (χ1v) is 3.45. The minimum Gasteiger partial charge on any atom is -0.465 e. The number of hydrogen-bond donors (Lipinski definition) is 1. The monoisotopic (exact) mass is 181 g/mol. The van der Waals surface area contributed by atoms with Crippen LogP contribution in [0.2, 0.25) is 0 Å². The van der Waals surface area contributed by atoms with Crippen molar-refractivity contribution >= 4 is 12.3 Å². The molecule has 0 radical (unpaired) electrons. The Balaban J connectivity index is 3.23. The largest absolute Gasteiger partial charge is 0.465 e. The van der Waals surface area contributed by atoms with E-state index in [2.05, 4.69) is 9.72 Å². The van der Waals surface area contributed by atoms with Crippen molar-refractivity contribution in [1.29, 1.82) is 0 Å². The molecule has 13 heavy (non-hydrogen) atoms. The summed E-state index contributed by atoms with van der Waals surface area (Å²) in [5.74, 6) is -0.644. The van der Waals surface area contributed by atoms with Crippen molar-refractivity contribution in [3.63, 3.8) is 0 Å². The maximum Gasteiger partial charge on any atom is 0.338 e. The summed E-state index contributed by atoms with van der Waals surface area (Å²) in [5, 5.41) is 0. The van der Waals surface area contributed by atoms with E-state index >= 15 is 0 Å². The summed E-state index contributed by atoms with van der Waals surface area (Å²) < 4.78 is 4.38. The van der Waals surface area contributed by atoms with Crippen LogP contribution in [-0.4, -0.2) is 24.3 Å². The summed E-state index contributed by atoms with van der Waals surface area (Å²) in [6.07, 6.45) is 0.452. The van der Waals surface area contributed by atoms with Crippen LogP contribution in [-0.2, 0) is 4.74 Å². The van der Waals surface area contributed by atoms with Crippen LogP contribution in [0.15, 0.2) is 16.9 Å². The van der Waals surface area contributed by atoms with Gasteiger partial charge >= 0.3 is 5.97 Å². The SMILES string of the molecule is COC(=O)c1cc(C=O)[nH]c(=O)c1. The average Bonchev–Trinajstić information content (AvgIpc) is 2.15. The number of aldehydes is 1. The molecule has 68 valence electrons. The quantitative estimate of drug-likeness (QED) is 0.513. The standard InChI is InChI=1S/C8H7NO4/c1-13-8(12)5-2-6(4-10)9-7(11)3-5/h2-4H,1H3,(H,9,11). The first kappa shape index (κ1) is 9.18. The minimum atomic E-state index is -0.644. The van der Waals surface area contributed by atoms with Gasteiger partial charge in [-0.15, -0.1) is 0 Å². The Morgan fingerprint density at radius 2 is 2.23 bits per heavy atom. The van der Waals surface area contributed by atoms with Crippen LogP contribution in [0, 0.1) is 0 Å². The van der Waals surface area contributed by atoms with E-state index in [1.54, 1.807) is 0 Å². The molecule has 1 heterocycles. The minimum absolute atomic E-state index is 0.0490. The third-order valence-corrected chi connectivity index (χ3v) is 1.41. The van der Waals surface area contributed by atoms with Crippen LogP contribution in [0.25, 0.3) is 0 Å². The van der Waals surface area contributed by atoms with Crippen molar-refractivity contribution in [2.45, 2.75) is 0 Å². The summed E-state index contributed by atoms with van der Waals surface area (Å²) >= 11 is 0. The molecule has 0 saturated heterocycles. The zero-order chi connectivity index (χ0) is 9.84. The molecule has 0 fully saturated rings. The number of pyridine rings is 1. The normalized spacial score (nSPS) is 9.31. The molecule has 0 unspecified atom stereocenters. The maximum atomic E-state index is 10.9. The molecule has 0 atom stereocenters. The van der Waals surface area contributed by atoms with E-state index in [9.17, 15) is 14.4 Å². The lowest BCUT2D eigenvalue weighted by Gasteiger charge is -1.98. The van der Waals surface area contributed by atoms with Crippen molar-refractivity contribution in [3.05, 3.63) is 33.7 Å². The van der Waals surface area contributed by atoms with Gasteiger partial charge in [0.1, 0.15) is 0 Å². The second-order valence-electron chi connectivity index (χ2n) is 2.30. The molecule has 0 bridgehead atoms. The number of aromatic nitrogens is 1. The van der Waals surface area contributed by atoms with Gasteiger partial charge < -0.3 is 9.72 Å². The lowest BCUT2D eigenvalue weighted by molar-refractivity contribution is 0.0600. The number of ether oxygens (including phenoxy) is 1. The number of carbonyl (C=O) groups is 2. The van der Waals surface area contributed by atoms with Crippen LogP contribution >= 0.6 is 0 Å². The Morgan fingerprint density at radius 3 is 2.77 bits per heavy atom. The van der Waals surface area contributed by atoms with Crippen molar-refractivity contribution in [2.24, 2.45) is 0 Å². The van der Waals surface area contributed by atoms with Gasteiger partial charge in [0.15, 0.2) is 6.29 Å². The van der Waals surface area contributed by atoms with E-state index in [4.69, 9.17) is 0 Å². The summed E-state index contributed by atoms with van der Waals surface area (Å²) in [6, 6.07) is 2.32. The molecule has 1 aromatic rings. The van der Waals surface area contributed by atoms with Gasteiger partial charge in [-0.05, 0) is 6.07 Å². The smallest absolute Gasteiger partial charge is 0.338 e. The highest BCUT2D eigenvalue weighted by molar-refractivity contribution is 5.90. The number of nitrogens with one attached hydrogen (secondary N) is 1. The van der Waals surface area contributed by atoms with Gasteiger partial charge in [-0.2, -0.15) is 0 Å². The van der Waals surface area contributed by atoms with Crippen molar-refractivity contribution in [1.82, 2.24) is 4.98 Å². The van der Waals surface area contributed by atoms with E-state index in [0.717, 1.165) is 6.07 Å². The van der Waals surface area contributed by atoms with Crippen LogP contribution in [0.3, 0.4) is 0 Å². The van der Waals surface area contributed by atoms with Gasteiger partial charge in [0, 0.05) is 6.07 Å². The molecule has 5 heteroatoms. The molecule has 1 aromatic heterocycles. The first-order chi connectivity index (χ1) is 6.17. The van der Waals surface area contributed by atoms with Crippen molar-refractivity contribution < 1.29 is 14.3 Å². The predicted octanol–water partition coefficient (Wildman–Crippen LogP) is -0.0260. The maximum absolute atomic E-state index is 10.9. The second kappa shape index (κ2) is 3.66. The van der Waals surface area contributed by atoms with E-state index < -0.39 is 11.5 Å². The van der Waals surface area contributed by atoms with Crippen LogP contribution in [0.1, 0.15) is 20.8 Å². The molecule has 1 rings (SSSR count). The number of H-pyrrole nitrogens is 1. The molecule has 0 aliphatic rings. The third-order valence-electron chi connectivity index (χ3n) is 1.41. The van der Waals surface area contributed by atoms with Crippen LogP contribution in [0.5, 0.6) is 0 Å². The summed E-state index contributed by atoms with van der Waals surface area (Å²) in [4.78, 5) is 34.4. The van der Waals surface area contributed by atoms with Gasteiger partial charge in [0.25, 0.3) is 0 Å². The van der Waals surface area contributed by atoms with Crippen LogP contribution in [0.4, 0.5) is 0 Å². The average molecular weight is 181 g/mol. The molecule has 1 N–H and O–H groups in total. The molecule has 0 amide bonds. The zero-order valence-corrected chi connectivity index (χ0v) is 6.87. The van der Waals surface area contributed by atoms with E-state index in [1.165, 1.54) is 13.2 Å². The molecule has 0 aliphatic carbocycles. The van der Waals surface area contributed by atoms with E-state index in [-0.39, 0.29) is 11.3 Å². The number of esters is 1. The Bertz CT molecular complexity index is 393. The number of carbonyl (C=O) groups excluding carboxylic acids is 2. The number of aromatic amines is 1. The first-order valence-electron chi connectivity index (χ1n) is 3.45. The van der Waals surface area contributed by atoms with E-state index in [1.807, 2.05) is 0 Å². The molecule has 0 spiro atoms. The Kier molecular flexibility index (Phi) is 2.59. The summed E-state index contributed by atoms with van der Waals surface area (Å²) in [5.41, 5.74) is -0.397. The number of rotatable bonds is 2. The fourth-order valence-electron chi connectivity index (χ4n) is 0.864. The molecular formula is C8H7NO4. The zero-order valence-electron chi connectivity index (χ0n) is 6.87. The molecular weight excluding hydrogens is 174 g/mol. The highest BCUT2D eigenvalue weighted by Gasteiger charge is 2.07. The predicted molar refractivity (Wildman–Crippen MR) is 43.8 cm³/mol. The van der Waals surface area contributed by atoms with Gasteiger partial charge in [-0.3, -0.25) is 9.59 Å². The second-order valence-corrected chi connectivity index (χ2v) is 2.30. The van der Waals surface area contributed by atoms with Gasteiger partial charge in [0.2, 0.25) is 5.56 Å². The fraction of sp³-hybridized carbons (Fsp3) is 0.125. The Labute approximate surface area is 73.3 Å². The third kappa shape index (κ3) is 2.02. The van der Waals surface area contributed by atoms with Crippen LogP contribution < -0.4 is 5.56 Å². The molecule has 0 aliphatic heterocycles. The number of hydrogen-bond acceptors (Lipinski definition) is 4. The molecule has 0 aromatic carbocycles. The Hall–Kier alpha value is -1.91.